The van der Waals surface area contributed by atoms with E-state index in [2.05, 4.69) is 15.9 Å². The maximum atomic E-state index is 13.2. The number of carbonyl (C=O) groups excluding carboxylic acids is 2. The molecule has 0 N–H and O–H groups in total. The first-order valence-corrected chi connectivity index (χ1v) is 11.6. The second-order valence-corrected chi connectivity index (χ2v) is 9.01. The van der Waals surface area contributed by atoms with Gasteiger partial charge in [-0.05, 0) is 42.7 Å². The number of hydrogen-bond acceptors (Lipinski definition) is 7. The summed E-state index contributed by atoms with van der Waals surface area (Å²) in [5, 5.41) is 0. The predicted molar refractivity (Wildman–Crippen MR) is 121 cm³/mol. The molecule has 1 unspecified atom stereocenters. The standard InChI is InChI=1S/C25H27N3O5/c29-24-19-4-1-5-20(23(19)25(30)28(24)15-18-3-2-12-31-18)27-10-8-26(9-11-27)14-17-6-7-21-22(13-17)33-16-32-21/h1,4-7,13,18H,2-3,8-12,14-16H2. The van der Waals surface area contributed by atoms with Crippen molar-refractivity contribution in [3.05, 3.63) is 53.1 Å². The van der Waals surface area contributed by atoms with Gasteiger partial charge in [0.1, 0.15) is 0 Å². The van der Waals surface area contributed by atoms with Gasteiger partial charge in [-0.3, -0.25) is 19.4 Å². The average Bonchev–Trinajstić information content (AvgIpc) is 3.57. The Morgan fingerprint density at radius 1 is 0.939 bits per heavy atom. The van der Waals surface area contributed by atoms with Gasteiger partial charge in [-0.15, -0.1) is 0 Å². The lowest BCUT2D eigenvalue weighted by atomic mass is 10.1. The van der Waals surface area contributed by atoms with Crippen LogP contribution in [0.1, 0.15) is 39.1 Å². The third kappa shape index (κ3) is 3.73. The van der Waals surface area contributed by atoms with Crippen LogP contribution in [0.25, 0.3) is 0 Å². The highest BCUT2D eigenvalue weighted by Crippen LogP contribution is 2.34. The van der Waals surface area contributed by atoms with Crippen molar-refractivity contribution in [3.63, 3.8) is 0 Å². The van der Waals surface area contributed by atoms with Gasteiger partial charge in [-0.2, -0.15) is 0 Å². The van der Waals surface area contributed by atoms with E-state index in [4.69, 9.17) is 14.2 Å². The van der Waals surface area contributed by atoms with Crippen LogP contribution in [0.4, 0.5) is 5.69 Å². The van der Waals surface area contributed by atoms with E-state index in [0.29, 0.717) is 24.3 Å². The van der Waals surface area contributed by atoms with E-state index in [9.17, 15) is 9.59 Å². The molecule has 6 rings (SSSR count). The van der Waals surface area contributed by atoms with Crippen molar-refractivity contribution >= 4 is 17.5 Å². The lowest BCUT2D eigenvalue weighted by Crippen LogP contribution is -2.46. The molecule has 0 aromatic heterocycles. The summed E-state index contributed by atoms with van der Waals surface area (Å²) < 4.78 is 16.6. The van der Waals surface area contributed by atoms with E-state index in [1.165, 1.54) is 10.5 Å². The second kappa shape index (κ2) is 8.35. The van der Waals surface area contributed by atoms with E-state index in [1.807, 2.05) is 24.3 Å². The van der Waals surface area contributed by atoms with Gasteiger partial charge in [0.25, 0.3) is 11.8 Å². The van der Waals surface area contributed by atoms with Crippen LogP contribution < -0.4 is 14.4 Å². The number of benzene rings is 2. The number of rotatable bonds is 5. The molecular formula is C25H27N3O5. The Morgan fingerprint density at radius 3 is 2.61 bits per heavy atom. The first kappa shape index (κ1) is 20.5. The van der Waals surface area contributed by atoms with Gasteiger partial charge in [0.05, 0.1) is 29.5 Å². The van der Waals surface area contributed by atoms with Crippen LogP contribution in [0.5, 0.6) is 11.5 Å². The van der Waals surface area contributed by atoms with E-state index in [-0.39, 0.29) is 24.7 Å². The molecule has 2 saturated heterocycles. The number of amides is 2. The molecule has 0 radical (unpaired) electrons. The monoisotopic (exact) mass is 449 g/mol. The zero-order chi connectivity index (χ0) is 22.4. The Hall–Kier alpha value is -3.10. The summed E-state index contributed by atoms with van der Waals surface area (Å²) in [6, 6.07) is 11.7. The highest BCUT2D eigenvalue weighted by Gasteiger charge is 2.40. The van der Waals surface area contributed by atoms with Crippen molar-refractivity contribution in [2.75, 3.05) is 51.0 Å². The molecule has 0 saturated carbocycles. The van der Waals surface area contributed by atoms with Gasteiger partial charge in [-0.1, -0.05) is 12.1 Å². The number of carbonyl (C=O) groups is 2. The van der Waals surface area contributed by atoms with E-state index >= 15 is 0 Å². The summed E-state index contributed by atoms with van der Waals surface area (Å²) in [6.45, 7) is 5.52. The molecule has 0 aliphatic carbocycles. The van der Waals surface area contributed by atoms with E-state index in [0.717, 1.165) is 62.8 Å². The van der Waals surface area contributed by atoms with Gasteiger partial charge >= 0.3 is 0 Å². The summed E-state index contributed by atoms with van der Waals surface area (Å²) in [6.07, 6.45) is 1.83. The van der Waals surface area contributed by atoms with Crippen LogP contribution >= 0.6 is 0 Å². The highest BCUT2D eigenvalue weighted by atomic mass is 16.7. The van der Waals surface area contributed by atoms with Crippen molar-refractivity contribution < 1.29 is 23.8 Å². The van der Waals surface area contributed by atoms with Gasteiger partial charge in [0.15, 0.2) is 11.5 Å². The zero-order valence-corrected chi connectivity index (χ0v) is 18.5. The largest absolute Gasteiger partial charge is 0.454 e. The Kier molecular flexibility index (Phi) is 5.19. The minimum Gasteiger partial charge on any atom is -0.454 e. The molecule has 4 aliphatic rings. The number of nitrogens with zero attached hydrogens (tertiary/aromatic N) is 3. The SMILES string of the molecule is O=C1c2cccc(N3CCN(Cc4ccc5c(c4)OCO5)CC3)c2C(=O)N1CC1CCCO1. The second-order valence-electron chi connectivity index (χ2n) is 9.01. The normalized spacial score (nSPS) is 22.4. The third-order valence-corrected chi connectivity index (χ3v) is 6.94. The van der Waals surface area contributed by atoms with Gasteiger partial charge in [0.2, 0.25) is 6.79 Å². The summed E-state index contributed by atoms with van der Waals surface area (Å²) in [4.78, 5) is 32.2. The maximum Gasteiger partial charge on any atom is 0.263 e. The average molecular weight is 450 g/mol. The van der Waals surface area contributed by atoms with Crippen LogP contribution in [0.2, 0.25) is 0 Å². The molecule has 8 heteroatoms. The van der Waals surface area contributed by atoms with Crippen molar-refractivity contribution in [1.82, 2.24) is 9.80 Å². The smallest absolute Gasteiger partial charge is 0.263 e. The summed E-state index contributed by atoms with van der Waals surface area (Å²) >= 11 is 0. The van der Waals surface area contributed by atoms with Crippen LogP contribution in [0.15, 0.2) is 36.4 Å². The fourth-order valence-corrected chi connectivity index (χ4v) is 5.18. The summed E-state index contributed by atoms with van der Waals surface area (Å²) in [5.74, 6) is 1.22. The van der Waals surface area contributed by atoms with Crippen LogP contribution in [-0.2, 0) is 11.3 Å². The van der Waals surface area contributed by atoms with Crippen LogP contribution in [0.3, 0.4) is 0 Å². The zero-order valence-electron chi connectivity index (χ0n) is 18.5. The van der Waals surface area contributed by atoms with Gasteiger partial charge < -0.3 is 19.1 Å². The highest BCUT2D eigenvalue weighted by molar-refractivity contribution is 6.23. The van der Waals surface area contributed by atoms with Gasteiger partial charge in [-0.25, -0.2) is 0 Å². The molecule has 33 heavy (non-hydrogen) atoms. The molecule has 2 amide bonds. The Labute approximate surface area is 192 Å². The minimum absolute atomic E-state index is 0.0459. The predicted octanol–water partition coefficient (Wildman–Crippen LogP) is 2.51. The summed E-state index contributed by atoms with van der Waals surface area (Å²) in [5.41, 5.74) is 3.12. The molecule has 2 aromatic carbocycles. The number of piperazine rings is 1. The van der Waals surface area contributed by atoms with Crippen molar-refractivity contribution in [2.45, 2.75) is 25.5 Å². The number of anilines is 1. The molecule has 8 nitrogen and oxygen atoms in total. The van der Waals surface area contributed by atoms with Crippen molar-refractivity contribution in [2.24, 2.45) is 0 Å². The lowest BCUT2D eigenvalue weighted by molar-refractivity contribution is 0.0475. The lowest BCUT2D eigenvalue weighted by Gasteiger charge is -2.36. The van der Waals surface area contributed by atoms with E-state index in [1.54, 1.807) is 6.07 Å². The molecule has 1 atom stereocenters. The number of imide groups is 1. The first-order chi connectivity index (χ1) is 16.2. The first-order valence-electron chi connectivity index (χ1n) is 11.6. The number of ether oxygens (including phenoxy) is 3. The molecular weight excluding hydrogens is 422 g/mol. The number of fused-ring (bicyclic) bond motifs is 2. The fraction of sp³-hybridized carbons (Fsp3) is 0.440. The Bertz CT molecular complexity index is 1090. The van der Waals surface area contributed by atoms with E-state index < -0.39 is 0 Å². The fourth-order valence-electron chi connectivity index (χ4n) is 5.18. The Balaban J connectivity index is 1.14. The molecule has 0 spiro atoms. The third-order valence-electron chi connectivity index (χ3n) is 6.94. The van der Waals surface area contributed by atoms with Crippen molar-refractivity contribution in [1.29, 1.82) is 0 Å². The van der Waals surface area contributed by atoms with Crippen LogP contribution in [0, 0.1) is 0 Å². The molecule has 4 aliphatic heterocycles. The quantitative estimate of drug-likeness (QED) is 0.650. The van der Waals surface area contributed by atoms with Crippen LogP contribution in [-0.4, -0.2) is 73.8 Å². The molecule has 0 bridgehead atoms. The topological polar surface area (TPSA) is 71.6 Å². The molecule has 2 aromatic rings. The van der Waals surface area contributed by atoms with Crippen molar-refractivity contribution in [3.8, 4) is 11.5 Å². The molecule has 2 fully saturated rings. The van der Waals surface area contributed by atoms with Gasteiger partial charge in [0, 0.05) is 39.3 Å². The molecule has 4 heterocycles. The molecule has 172 valence electrons. The summed E-state index contributed by atoms with van der Waals surface area (Å²) in [7, 11) is 0. The maximum absolute atomic E-state index is 13.2. The number of hydrogen-bond donors (Lipinski definition) is 0. The Morgan fingerprint density at radius 2 is 1.79 bits per heavy atom. The minimum atomic E-state index is -0.200.